The Morgan fingerprint density at radius 1 is 0.842 bits per heavy atom. The number of rotatable bonds is 5. The van der Waals surface area contributed by atoms with Crippen LogP contribution in [0.2, 0.25) is 0 Å². The summed E-state index contributed by atoms with van der Waals surface area (Å²) in [6.07, 6.45) is -0.123. The Hall–Kier alpha value is -1.58. The third-order valence-electron chi connectivity index (χ3n) is 3.37. The molecular weight excluding hydrogens is 235 g/mol. The largest absolute Gasteiger partial charge is 0.462 e. The highest BCUT2D eigenvalue weighted by Gasteiger charge is 2.26. The van der Waals surface area contributed by atoms with Crippen LogP contribution in [0.25, 0.3) is 0 Å². The maximum Gasteiger partial charge on any atom is 0.462 e. The van der Waals surface area contributed by atoms with Gasteiger partial charge < -0.3 is 9.68 Å². The van der Waals surface area contributed by atoms with Crippen molar-refractivity contribution in [2.45, 2.75) is 25.8 Å². The molecule has 0 aliphatic carbocycles. The molecule has 1 N–H and O–H groups in total. The summed E-state index contributed by atoms with van der Waals surface area (Å²) >= 11 is 0. The molecule has 0 saturated carbocycles. The third-order valence-corrected chi connectivity index (χ3v) is 3.37. The summed E-state index contributed by atoms with van der Waals surface area (Å²) in [7, 11) is -0.808. The van der Waals surface area contributed by atoms with Crippen LogP contribution in [0.1, 0.15) is 36.9 Å². The molecule has 2 atom stereocenters. The molecule has 0 heterocycles. The zero-order valence-corrected chi connectivity index (χ0v) is 11.4. The zero-order chi connectivity index (χ0) is 13.7. The summed E-state index contributed by atoms with van der Waals surface area (Å²) in [5.74, 6) is -0.0487. The van der Waals surface area contributed by atoms with E-state index in [1.165, 1.54) is 0 Å². The van der Waals surface area contributed by atoms with Crippen LogP contribution in [0, 0.1) is 0 Å². The van der Waals surface area contributed by atoms with Gasteiger partial charge in [-0.2, -0.15) is 0 Å². The van der Waals surface area contributed by atoms with Crippen LogP contribution in [0.15, 0.2) is 60.7 Å². The Morgan fingerprint density at radius 3 is 1.84 bits per heavy atom. The van der Waals surface area contributed by atoms with Gasteiger partial charge in [0.25, 0.3) is 0 Å². The SMILES string of the molecule is CC(OB(O)C(C)c1ccccc1)c1ccccc1. The Labute approximate surface area is 115 Å². The van der Waals surface area contributed by atoms with E-state index in [0.717, 1.165) is 11.1 Å². The van der Waals surface area contributed by atoms with Gasteiger partial charge >= 0.3 is 7.12 Å². The van der Waals surface area contributed by atoms with Gasteiger partial charge in [-0.3, -0.25) is 0 Å². The molecule has 19 heavy (non-hydrogen) atoms. The van der Waals surface area contributed by atoms with Crippen LogP contribution in [-0.2, 0) is 4.65 Å². The molecule has 0 spiro atoms. The van der Waals surface area contributed by atoms with E-state index in [1.807, 2.05) is 74.5 Å². The predicted octanol–water partition coefficient (Wildman–Crippen LogP) is 3.59. The fourth-order valence-corrected chi connectivity index (χ4v) is 2.05. The van der Waals surface area contributed by atoms with E-state index in [-0.39, 0.29) is 11.9 Å². The molecule has 0 aliphatic heterocycles. The second kappa shape index (κ2) is 6.55. The van der Waals surface area contributed by atoms with Crippen molar-refractivity contribution >= 4 is 7.12 Å². The van der Waals surface area contributed by atoms with Crippen molar-refractivity contribution in [2.75, 3.05) is 0 Å². The van der Waals surface area contributed by atoms with E-state index in [1.54, 1.807) is 0 Å². The van der Waals surface area contributed by atoms with Crippen LogP contribution in [0.4, 0.5) is 0 Å². The summed E-state index contributed by atoms with van der Waals surface area (Å²) < 4.78 is 5.71. The summed E-state index contributed by atoms with van der Waals surface area (Å²) in [6.45, 7) is 3.92. The number of hydrogen-bond donors (Lipinski definition) is 1. The lowest BCUT2D eigenvalue weighted by molar-refractivity contribution is 0.179. The lowest BCUT2D eigenvalue weighted by Gasteiger charge is -2.20. The minimum absolute atomic E-state index is 0.0487. The topological polar surface area (TPSA) is 29.5 Å². The quantitative estimate of drug-likeness (QED) is 0.826. The first-order chi connectivity index (χ1) is 9.18. The van der Waals surface area contributed by atoms with Gasteiger partial charge in [0.2, 0.25) is 0 Å². The second-order valence-electron chi connectivity index (χ2n) is 4.78. The van der Waals surface area contributed by atoms with Crippen molar-refractivity contribution in [3.8, 4) is 0 Å². The maximum atomic E-state index is 10.2. The van der Waals surface area contributed by atoms with Crippen LogP contribution in [0.3, 0.4) is 0 Å². The van der Waals surface area contributed by atoms with Gasteiger partial charge in [0.05, 0.1) is 6.10 Å². The predicted molar refractivity (Wildman–Crippen MR) is 78.8 cm³/mol. The average molecular weight is 254 g/mol. The molecule has 0 saturated heterocycles. The Kier molecular flexibility index (Phi) is 4.77. The summed E-state index contributed by atoms with van der Waals surface area (Å²) in [6, 6.07) is 19.8. The zero-order valence-electron chi connectivity index (χ0n) is 11.4. The molecule has 2 aromatic carbocycles. The minimum Gasteiger partial charge on any atom is -0.427 e. The second-order valence-corrected chi connectivity index (χ2v) is 4.78. The highest BCUT2D eigenvalue weighted by Crippen LogP contribution is 2.23. The first-order valence-corrected chi connectivity index (χ1v) is 6.62. The van der Waals surface area contributed by atoms with Gasteiger partial charge in [-0.05, 0) is 18.1 Å². The first-order valence-electron chi connectivity index (χ1n) is 6.62. The van der Waals surface area contributed by atoms with Gasteiger partial charge in [-0.15, -0.1) is 0 Å². The van der Waals surface area contributed by atoms with E-state index in [9.17, 15) is 5.02 Å². The van der Waals surface area contributed by atoms with Crippen LogP contribution >= 0.6 is 0 Å². The molecule has 2 nitrogen and oxygen atoms in total. The summed E-state index contributed by atoms with van der Waals surface area (Å²) in [4.78, 5) is 0. The van der Waals surface area contributed by atoms with Crippen LogP contribution < -0.4 is 0 Å². The summed E-state index contributed by atoms with van der Waals surface area (Å²) in [5, 5.41) is 10.2. The van der Waals surface area contributed by atoms with Gasteiger partial charge in [-0.1, -0.05) is 67.6 Å². The van der Waals surface area contributed by atoms with Crippen molar-refractivity contribution in [1.82, 2.24) is 0 Å². The van der Waals surface area contributed by atoms with E-state index >= 15 is 0 Å². The van der Waals surface area contributed by atoms with Crippen molar-refractivity contribution in [1.29, 1.82) is 0 Å². The van der Waals surface area contributed by atoms with E-state index < -0.39 is 7.12 Å². The standard InChI is InChI=1S/C16H19BO2/c1-13(15-9-5-3-6-10-15)17(18)19-14(2)16-11-7-4-8-12-16/h3-14,18H,1-2H3. The van der Waals surface area contributed by atoms with Crippen molar-refractivity contribution in [3.63, 3.8) is 0 Å². The van der Waals surface area contributed by atoms with Gasteiger partial charge in [0.1, 0.15) is 0 Å². The molecule has 2 rings (SSSR count). The van der Waals surface area contributed by atoms with E-state index in [2.05, 4.69) is 0 Å². The van der Waals surface area contributed by atoms with Gasteiger partial charge in [-0.25, -0.2) is 0 Å². The number of hydrogen-bond acceptors (Lipinski definition) is 2. The van der Waals surface area contributed by atoms with Crippen molar-refractivity contribution < 1.29 is 9.68 Å². The Bertz CT molecular complexity index is 487. The highest BCUT2D eigenvalue weighted by molar-refractivity contribution is 6.44. The molecule has 98 valence electrons. The Balaban J connectivity index is 1.99. The molecule has 0 bridgehead atoms. The molecule has 2 aromatic rings. The van der Waals surface area contributed by atoms with Gasteiger partial charge in [0, 0.05) is 5.82 Å². The Morgan fingerprint density at radius 2 is 1.32 bits per heavy atom. The van der Waals surface area contributed by atoms with Crippen molar-refractivity contribution in [2.24, 2.45) is 0 Å². The van der Waals surface area contributed by atoms with E-state index in [4.69, 9.17) is 4.65 Å². The molecule has 0 radical (unpaired) electrons. The fourth-order valence-electron chi connectivity index (χ4n) is 2.05. The molecule has 3 heteroatoms. The van der Waals surface area contributed by atoms with Crippen LogP contribution in [-0.4, -0.2) is 12.1 Å². The molecule has 2 unspecified atom stereocenters. The number of benzene rings is 2. The smallest absolute Gasteiger partial charge is 0.427 e. The molecular formula is C16H19BO2. The monoisotopic (exact) mass is 254 g/mol. The van der Waals surface area contributed by atoms with Gasteiger partial charge in [0.15, 0.2) is 0 Å². The lowest BCUT2D eigenvalue weighted by Crippen LogP contribution is -2.27. The maximum absolute atomic E-state index is 10.2. The molecule has 0 aromatic heterocycles. The normalized spacial score (nSPS) is 13.8. The molecule has 0 aliphatic rings. The highest BCUT2D eigenvalue weighted by atomic mass is 16.5. The lowest BCUT2D eigenvalue weighted by atomic mass is 9.69. The fraction of sp³-hybridized carbons (Fsp3) is 0.250. The third kappa shape index (κ3) is 3.69. The molecule has 0 amide bonds. The van der Waals surface area contributed by atoms with E-state index in [0.29, 0.717) is 0 Å². The minimum atomic E-state index is -0.808. The molecule has 0 fully saturated rings. The first kappa shape index (κ1) is 13.8. The average Bonchev–Trinajstić information content (AvgIpc) is 2.48. The van der Waals surface area contributed by atoms with Crippen LogP contribution in [0.5, 0.6) is 0 Å². The summed E-state index contributed by atoms with van der Waals surface area (Å²) in [5.41, 5.74) is 2.15. The van der Waals surface area contributed by atoms with Crippen molar-refractivity contribution in [3.05, 3.63) is 71.8 Å².